The van der Waals surface area contributed by atoms with E-state index in [1.54, 1.807) is 7.11 Å². The lowest BCUT2D eigenvalue weighted by Crippen LogP contribution is -2.38. The first-order valence-corrected chi connectivity index (χ1v) is 5.67. The van der Waals surface area contributed by atoms with Crippen LogP contribution in [0.25, 0.3) is 0 Å². The molecule has 1 atom stereocenters. The number of ether oxygens (including phenoxy) is 1. The summed E-state index contributed by atoms with van der Waals surface area (Å²) < 4.78 is 5.18. The average Bonchev–Trinajstić information content (AvgIpc) is 2.21. The summed E-state index contributed by atoms with van der Waals surface area (Å²) in [6.45, 7) is 7.56. The number of hydrogen-bond donors (Lipinski definition) is 1. The molecule has 0 aromatic heterocycles. The van der Waals surface area contributed by atoms with Crippen molar-refractivity contribution in [3.05, 3.63) is 0 Å². The van der Waals surface area contributed by atoms with Crippen LogP contribution in [0.5, 0.6) is 0 Å². The van der Waals surface area contributed by atoms with Crippen molar-refractivity contribution in [1.82, 2.24) is 4.90 Å². The van der Waals surface area contributed by atoms with Crippen LogP contribution in [-0.2, 0) is 4.74 Å². The Hall–Kier alpha value is -0.120. The predicted octanol–water partition coefficient (Wildman–Crippen LogP) is 0.940. The van der Waals surface area contributed by atoms with Gasteiger partial charge in [0, 0.05) is 20.3 Å². The van der Waals surface area contributed by atoms with Crippen molar-refractivity contribution in [3.8, 4) is 0 Å². The molecule has 1 saturated heterocycles. The predicted molar refractivity (Wildman–Crippen MR) is 59.3 cm³/mol. The van der Waals surface area contributed by atoms with Crippen molar-refractivity contribution < 1.29 is 4.74 Å². The smallest absolute Gasteiger partial charge is 0.0491 e. The van der Waals surface area contributed by atoms with Crippen LogP contribution in [-0.4, -0.2) is 44.8 Å². The number of nitrogens with two attached hydrogens (primary N) is 1. The molecule has 14 heavy (non-hydrogen) atoms. The first-order chi connectivity index (χ1) is 6.76. The Bertz CT molecular complexity index is 144. The second-order valence-electron chi connectivity index (χ2n) is 4.54. The monoisotopic (exact) mass is 200 g/mol. The highest BCUT2D eigenvalue weighted by molar-refractivity contribution is 4.73. The van der Waals surface area contributed by atoms with Crippen molar-refractivity contribution in [1.29, 1.82) is 0 Å². The van der Waals surface area contributed by atoms with Crippen LogP contribution in [0, 0.1) is 11.8 Å². The molecule has 0 bridgehead atoms. The fourth-order valence-corrected chi connectivity index (χ4v) is 2.09. The van der Waals surface area contributed by atoms with Crippen LogP contribution in [0.3, 0.4) is 0 Å². The van der Waals surface area contributed by atoms with Gasteiger partial charge in [-0.25, -0.2) is 0 Å². The summed E-state index contributed by atoms with van der Waals surface area (Å²) >= 11 is 0. The van der Waals surface area contributed by atoms with Gasteiger partial charge in [0.15, 0.2) is 0 Å². The molecule has 1 fully saturated rings. The number of nitrogens with zero attached hydrogens (tertiary/aromatic N) is 1. The van der Waals surface area contributed by atoms with E-state index in [0.29, 0.717) is 5.92 Å². The van der Waals surface area contributed by atoms with Crippen LogP contribution in [0.15, 0.2) is 0 Å². The van der Waals surface area contributed by atoms with E-state index in [0.717, 1.165) is 25.6 Å². The average molecular weight is 200 g/mol. The standard InChI is InChI=1S/C11H24N2O/c1-10(7-12)8-13-5-3-11(4-6-13)9-14-2/h10-11H,3-9,12H2,1-2H3. The zero-order chi connectivity index (χ0) is 10.4. The minimum atomic E-state index is 0.633. The molecule has 0 saturated carbocycles. The van der Waals surface area contributed by atoms with Crippen molar-refractivity contribution in [2.75, 3.05) is 39.9 Å². The summed E-state index contributed by atoms with van der Waals surface area (Å²) in [4.78, 5) is 2.53. The third-order valence-electron chi connectivity index (χ3n) is 3.08. The van der Waals surface area contributed by atoms with E-state index in [-0.39, 0.29) is 0 Å². The second kappa shape index (κ2) is 6.38. The number of likely N-dealkylation sites (tertiary alicyclic amines) is 1. The maximum absolute atomic E-state index is 5.62. The maximum atomic E-state index is 5.62. The largest absolute Gasteiger partial charge is 0.384 e. The molecule has 3 nitrogen and oxygen atoms in total. The molecule has 0 aromatic carbocycles. The molecule has 1 unspecified atom stereocenters. The molecule has 84 valence electrons. The van der Waals surface area contributed by atoms with Crippen LogP contribution in [0.4, 0.5) is 0 Å². The Morgan fingerprint density at radius 2 is 2.07 bits per heavy atom. The molecular formula is C11H24N2O. The molecule has 2 N–H and O–H groups in total. The first-order valence-electron chi connectivity index (χ1n) is 5.67. The fourth-order valence-electron chi connectivity index (χ4n) is 2.09. The van der Waals surface area contributed by atoms with Crippen LogP contribution in [0.1, 0.15) is 19.8 Å². The zero-order valence-electron chi connectivity index (χ0n) is 9.54. The quantitative estimate of drug-likeness (QED) is 0.718. The highest BCUT2D eigenvalue weighted by atomic mass is 16.5. The van der Waals surface area contributed by atoms with Gasteiger partial charge in [0.2, 0.25) is 0 Å². The van der Waals surface area contributed by atoms with Crippen molar-refractivity contribution in [2.45, 2.75) is 19.8 Å². The third-order valence-corrected chi connectivity index (χ3v) is 3.08. The number of hydrogen-bond acceptors (Lipinski definition) is 3. The highest BCUT2D eigenvalue weighted by Crippen LogP contribution is 2.17. The van der Waals surface area contributed by atoms with E-state index in [9.17, 15) is 0 Å². The lowest BCUT2D eigenvalue weighted by molar-refractivity contribution is 0.0942. The van der Waals surface area contributed by atoms with Crippen molar-refractivity contribution in [2.24, 2.45) is 17.6 Å². The van der Waals surface area contributed by atoms with Crippen LogP contribution in [0.2, 0.25) is 0 Å². The number of rotatable bonds is 5. The van der Waals surface area contributed by atoms with Gasteiger partial charge in [0.1, 0.15) is 0 Å². The first kappa shape index (κ1) is 12.0. The van der Waals surface area contributed by atoms with Gasteiger partial charge in [-0.3, -0.25) is 0 Å². The van der Waals surface area contributed by atoms with E-state index in [4.69, 9.17) is 10.5 Å². The molecular weight excluding hydrogens is 176 g/mol. The van der Waals surface area contributed by atoms with Gasteiger partial charge >= 0.3 is 0 Å². The van der Waals surface area contributed by atoms with Crippen molar-refractivity contribution in [3.63, 3.8) is 0 Å². The lowest BCUT2D eigenvalue weighted by Gasteiger charge is -2.33. The number of methoxy groups -OCH3 is 1. The zero-order valence-corrected chi connectivity index (χ0v) is 9.54. The van der Waals surface area contributed by atoms with Gasteiger partial charge in [-0.2, -0.15) is 0 Å². The highest BCUT2D eigenvalue weighted by Gasteiger charge is 2.19. The summed E-state index contributed by atoms with van der Waals surface area (Å²) in [5.74, 6) is 1.42. The Balaban J connectivity index is 2.15. The normalized spacial score (nSPS) is 22.5. The Labute approximate surface area is 87.6 Å². The van der Waals surface area contributed by atoms with E-state index in [1.165, 1.54) is 25.9 Å². The molecule has 1 rings (SSSR count). The van der Waals surface area contributed by atoms with Gasteiger partial charge < -0.3 is 15.4 Å². The van der Waals surface area contributed by atoms with Gasteiger partial charge in [0.25, 0.3) is 0 Å². The van der Waals surface area contributed by atoms with E-state index >= 15 is 0 Å². The molecule has 0 amide bonds. The molecule has 3 heteroatoms. The molecule has 0 spiro atoms. The fraction of sp³-hybridized carbons (Fsp3) is 1.00. The topological polar surface area (TPSA) is 38.5 Å². The van der Waals surface area contributed by atoms with E-state index in [1.807, 2.05) is 0 Å². The molecule has 1 aliphatic heterocycles. The minimum Gasteiger partial charge on any atom is -0.384 e. The third kappa shape index (κ3) is 3.95. The minimum absolute atomic E-state index is 0.633. The molecule has 1 aliphatic rings. The SMILES string of the molecule is COCC1CCN(CC(C)CN)CC1. The van der Waals surface area contributed by atoms with Crippen LogP contribution < -0.4 is 5.73 Å². The summed E-state index contributed by atoms with van der Waals surface area (Å²) in [5.41, 5.74) is 5.62. The van der Waals surface area contributed by atoms with Crippen molar-refractivity contribution >= 4 is 0 Å². The van der Waals surface area contributed by atoms with E-state index in [2.05, 4.69) is 11.8 Å². The Morgan fingerprint density at radius 1 is 1.43 bits per heavy atom. The Morgan fingerprint density at radius 3 is 2.57 bits per heavy atom. The Kier molecular flexibility index (Phi) is 5.45. The van der Waals surface area contributed by atoms with Crippen LogP contribution >= 0.6 is 0 Å². The maximum Gasteiger partial charge on any atom is 0.0491 e. The molecule has 1 heterocycles. The summed E-state index contributed by atoms with van der Waals surface area (Å²) in [5, 5.41) is 0. The van der Waals surface area contributed by atoms with Gasteiger partial charge in [-0.05, 0) is 44.3 Å². The molecule has 0 radical (unpaired) electrons. The molecule has 0 aliphatic carbocycles. The second-order valence-corrected chi connectivity index (χ2v) is 4.54. The van der Waals surface area contributed by atoms with Gasteiger partial charge in [-0.15, -0.1) is 0 Å². The van der Waals surface area contributed by atoms with Gasteiger partial charge in [0.05, 0.1) is 0 Å². The summed E-state index contributed by atoms with van der Waals surface area (Å²) in [6, 6.07) is 0. The molecule has 0 aromatic rings. The van der Waals surface area contributed by atoms with Gasteiger partial charge in [-0.1, -0.05) is 6.92 Å². The summed E-state index contributed by atoms with van der Waals surface area (Å²) in [6.07, 6.45) is 2.57. The number of piperidine rings is 1. The lowest BCUT2D eigenvalue weighted by atomic mass is 9.97. The van der Waals surface area contributed by atoms with E-state index < -0.39 is 0 Å². The summed E-state index contributed by atoms with van der Waals surface area (Å²) in [7, 11) is 1.79.